The summed E-state index contributed by atoms with van der Waals surface area (Å²) >= 11 is 0. The molecule has 9 heteroatoms. The van der Waals surface area contributed by atoms with Crippen LogP contribution in [0.2, 0.25) is 0 Å². The lowest BCUT2D eigenvalue weighted by atomic mass is 10.0. The first-order valence-electron chi connectivity index (χ1n) is 10.5. The SMILES string of the molecule is CCC(C)/C=C(\C=C/C(C)=O)c1cc(C(F)(F)F)nn1CC(C)(C)NC(=O)OC(C)(C)C. The second kappa shape index (κ2) is 10.4. The molecule has 0 saturated heterocycles. The molecule has 0 aliphatic heterocycles. The molecule has 0 aliphatic carbocycles. The average molecular weight is 458 g/mol. The van der Waals surface area contributed by atoms with Gasteiger partial charge in [0.1, 0.15) is 5.60 Å². The van der Waals surface area contributed by atoms with Gasteiger partial charge in [0.05, 0.1) is 17.8 Å². The van der Waals surface area contributed by atoms with Crippen LogP contribution < -0.4 is 5.32 Å². The number of carbonyl (C=O) groups excluding carboxylic acids is 2. The number of hydrogen-bond donors (Lipinski definition) is 1. The molecule has 180 valence electrons. The Kier molecular flexibility index (Phi) is 8.89. The monoisotopic (exact) mass is 457 g/mol. The summed E-state index contributed by atoms with van der Waals surface area (Å²) in [4.78, 5) is 23.7. The Morgan fingerprint density at radius 3 is 2.25 bits per heavy atom. The lowest BCUT2D eigenvalue weighted by Gasteiger charge is -2.29. The molecule has 0 spiro atoms. The Labute approximate surface area is 187 Å². The van der Waals surface area contributed by atoms with E-state index in [1.807, 2.05) is 13.8 Å². The van der Waals surface area contributed by atoms with Crippen molar-refractivity contribution in [3.05, 3.63) is 35.7 Å². The van der Waals surface area contributed by atoms with E-state index in [0.29, 0.717) is 5.57 Å². The van der Waals surface area contributed by atoms with E-state index in [-0.39, 0.29) is 23.9 Å². The fourth-order valence-corrected chi connectivity index (χ4v) is 2.76. The first kappa shape index (κ1) is 27.5. The predicted octanol–water partition coefficient (Wildman–Crippen LogP) is 5.78. The van der Waals surface area contributed by atoms with E-state index in [2.05, 4.69) is 10.4 Å². The molecule has 1 atom stereocenters. The number of rotatable bonds is 8. The molecule has 1 unspecified atom stereocenters. The molecular formula is C23H34F3N3O3. The van der Waals surface area contributed by atoms with Crippen molar-refractivity contribution in [1.29, 1.82) is 0 Å². The summed E-state index contributed by atoms with van der Waals surface area (Å²) in [5, 5.41) is 6.45. The fraction of sp³-hybridized carbons (Fsp3) is 0.609. The highest BCUT2D eigenvalue weighted by Crippen LogP contribution is 2.32. The van der Waals surface area contributed by atoms with E-state index >= 15 is 0 Å². The van der Waals surface area contributed by atoms with E-state index in [0.717, 1.165) is 12.5 Å². The van der Waals surface area contributed by atoms with Crippen molar-refractivity contribution < 1.29 is 27.5 Å². The lowest BCUT2D eigenvalue weighted by Crippen LogP contribution is -2.48. The van der Waals surface area contributed by atoms with Crippen molar-refractivity contribution in [1.82, 2.24) is 15.1 Å². The van der Waals surface area contributed by atoms with E-state index in [9.17, 15) is 22.8 Å². The number of nitrogens with zero attached hydrogens (tertiary/aromatic N) is 2. The van der Waals surface area contributed by atoms with Crippen molar-refractivity contribution in [2.45, 2.75) is 85.7 Å². The summed E-state index contributed by atoms with van der Waals surface area (Å²) in [6, 6.07) is 0.961. The van der Waals surface area contributed by atoms with E-state index in [1.54, 1.807) is 40.7 Å². The third kappa shape index (κ3) is 9.28. The Morgan fingerprint density at radius 1 is 1.19 bits per heavy atom. The standard InChI is InChI=1S/C23H34F3N3O3/c1-9-15(2)12-17(11-10-16(3)30)18-13-19(23(24,25)26)28-29(18)14-22(7,8)27-20(31)32-21(4,5)6/h10-13,15H,9,14H2,1-8H3,(H,27,31)/b11-10-,17-12+. The summed E-state index contributed by atoms with van der Waals surface area (Å²) in [5.74, 6) is -0.165. The third-order valence-electron chi connectivity index (χ3n) is 4.36. The summed E-state index contributed by atoms with van der Waals surface area (Å²) in [5.41, 5.74) is -2.09. The van der Waals surface area contributed by atoms with Gasteiger partial charge in [0.15, 0.2) is 11.5 Å². The number of allylic oxidation sites excluding steroid dienone is 4. The summed E-state index contributed by atoms with van der Waals surface area (Å²) in [7, 11) is 0. The molecule has 0 fully saturated rings. The van der Waals surface area contributed by atoms with E-state index < -0.39 is 29.1 Å². The lowest BCUT2D eigenvalue weighted by molar-refractivity contribution is -0.141. The molecule has 0 aromatic carbocycles. The van der Waals surface area contributed by atoms with Gasteiger partial charge in [0.2, 0.25) is 0 Å². The fourth-order valence-electron chi connectivity index (χ4n) is 2.76. The maximum atomic E-state index is 13.5. The van der Waals surface area contributed by atoms with Crippen molar-refractivity contribution >= 4 is 17.4 Å². The molecule has 0 aliphatic rings. The van der Waals surface area contributed by atoms with Crippen LogP contribution in [0.3, 0.4) is 0 Å². The molecule has 0 radical (unpaired) electrons. The molecule has 1 aromatic rings. The molecule has 1 heterocycles. The normalized spacial score (nSPS) is 14.5. The van der Waals surface area contributed by atoms with Gasteiger partial charge >= 0.3 is 12.3 Å². The topological polar surface area (TPSA) is 73.2 Å². The van der Waals surface area contributed by atoms with Crippen molar-refractivity contribution in [2.24, 2.45) is 5.92 Å². The predicted molar refractivity (Wildman–Crippen MR) is 118 cm³/mol. The zero-order valence-electron chi connectivity index (χ0n) is 20.1. The van der Waals surface area contributed by atoms with Crippen molar-refractivity contribution in [3.8, 4) is 0 Å². The zero-order valence-corrected chi connectivity index (χ0v) is 20.1. The summed E-state index contributed by atoms with van der Waals surface area (Å²) in [6.45, 7) is 13.7. The van der Waals surface area contributed by atoms with Crippen LogP contribution in [0.25, 0.3) is 5.57 Å². The number of halogens is 3. The van der Waals surface area contributed by atoms with Crippen LogP contribution in [-0.4, -0.2) is 32.8 Å². The van der Waals surface area contributed by atoms with Gasteiger partial charge < -0.3 is 10.1 Å². The number of alkyl carbamates (subject to hydrolysis) is 1. The minimum atomic E-state index is -4.64. The molecule has 1 amide bonds. The minimum Gasteiger partial charge on any atom is -0.444 e. The molecule has 0 bridgehead atoms. The summed E-state index contributed by atoms with van der Waals surface area (Å²) < 4.78 is 46.8. The number of alkyl halides is 3. The molecule has 32 heavy (non-hydrogen) atoms. The van der Waals surface area contributed by atoms with Gasteiger partial charge in [0.25, 0.3) is 0 Å². The van der Waals surface area contributed by atoms with E-state index in [4.69, 9.17) is 4.74 Å². The zero-order chi connectivity index (χ0) is 24.9. The van der Waals surface area contributed by atoms with Gasteiger partial charge in [-0.3, -0.25) is 9.48 Å². The van der Waals surface area contributed by atoms with Crippen LogP contribution in [-0.2, 0) is 22.3 Å². The first-order valence-corrected chi connectivity index (χ1v) is 10.5. The smallest absolute Gasteiger partial charge is 0.435 e. The highest BCUT2D eigenvalue weighted by molar-refractivity contribution is 5.90. The van der Waals surface area contributed by atoms with Crippen molar-refractivity contribution in [3.63, 3.8) is 0 Å². The van der Waals surface area contributed by atoms with Crippen LogP contribution in [0.1, 0.15) is 73.2 Å². The highest BCUT2D eigenvalue weighted by Gasteiger charge is 2.36. The Bertz CT molecular complexity index is 875. The largest absolute Gasteiger partial charge is 0.444 e. The Morgan fingerprint density at radius 2 is 1.78 bits per heavy atom. The number of nitrogens with one attached hydrogen (secondary N) is 1. The van der Waals surface area contributed by atoms with Gasteiger partial charge in [-0.1, -0.05) is 26.3 Å². The highest BCUT2D eigenvalue weighted by atomic mass is 19.4. The third-order valence-corrected chi connectivity index (χ3v) is 4.36. The average Bonchev–Trinajstić information content (AvgIpc) is 2.98. The van der Waals surface area contributed by atoms with Crippen LogP contribution in [0.5, 0.6) is 0 Å². The van der Waals surface area contributed by atoms with Crippen LogP contribution in [0, 0.1) is 5.92 Å². The second-order valence-electron chi connectivity index (χ2n) is 9.53. The van der Waals surface area contributed by atoms with Gasteiger partial charge in [-0.25, -0.2) is 4.79 Å². The number of hydrogen-bond acceptors (Lipinski definition) is 4. The number of amides is 1. The van der Waals surface area contributed by atoms with E-state index in [1.165, 1.54) is 23.8 Å². The van der Waals surface area contributed by atoms with Gasteiger partial charge in [-0.15, -0.1) is 0 Å². The van der Waals surface area contributed by atoms with Crippen LogP contribution in [0.4, 0.5) is 18.0 Å². The molecule has 6 nitrogen and oxygen atoms in total. The molecular weight excluding hydrogens is 423 g/mol. The molecule has 1 rings (SSSR count). The maximum absolute atomic E-state index is 13.5. The molecule has 0 saturated carbocycles. The van der Waals surface area contributed by atoms with Crippen molar-refractivity contribution in [2.75, 3.05) is 0 Å². The van der Waals surface area contributed by atoms with Crippen LogP contribution >= 0.6 is 0 Å². The Hall–Kier alpha value is -2.58. The molecule has 1 N–H and O–H groups in total. The van der Waals surface area contributed by atoms with Crippen LogP contribution in [0.15, 0.2) is 24.3 Å². The molecule has 1 aromatic heterocycles. The van der Waals surface area contributed by atoms with Gasteiger partial charge in [-0.05, 0) is 71.3 Å². The quantitative estimate of drug-likeness (QED) is 0.397. The first-order chi connectivity index (χ1) is 14.4. The van der Waals surface area contributed by atoms with Gasteiger partial charge in [-0.2, -0.15) is 18.3 Å². The number of ether oxygens (including phenoxy) is 1. The number of carbonyl (C=O) groups is 2. The second-order valence-corrected chi connectivity index (χ2v) is 9.53. The van der Waals surface area contributed by atoms with Gasteiger partial charge in [0, 0.05) is 0 Å². The minimum absolute atomic E-state index is 0.0522. The Balaban J connectivity index is 3.44. The summed E-state index contributed by atoms with van der Waals surface area (Å²) in [6.07, 6.45) is 0.0534. The number of aromatic nitrogens is 2. The number of ketones is 1. The maximum Gasteiger partial charge on any atom is 0.435 e.